The van der Waals surface area contributed by atoms with E-state index in [1.807, 2.05) is 42.5 Å². The average Bonchev–Trinajstić information content (AvgIpc) is 2.82. The van der Waals surface area contributed by atoms with Crippen molar-refractivity contribution in [1.29, 1.82) is 5.26 Å². The molecule has 0 aliphatic carbocycles. The smallest absolute Gasteiger partial charge is 0.329 e. The number of aliphatic carboxylic acids is 1. The highest BCUT2D eigenvalue weighted by atomic mass is 35.5. The van der Waals surface area contributed by atoms with Gasteiger partial charge >= 0.3 is 5.97 Å². The number of benzene rings is 3. The second kappa shape index (κ2) is 11.0. The number of hydrogen-bond donors (Lipinski definition) is 1. The molecule has 1 heterocycles. The zero-order valence-electron chi connectivity index (χ0n) is 20.5. The lowest BCUT2D eigenvalue weighted by Gasteiger charge is -2.51. The van der Waals surface area contributed by atoms with Gasteiger partial charge in [-0.2, -0.15) is 5.26 Å². The summed E-state index contributed by atoms with van der Waals surface area (Å²) in [6.07, 6.45) is 0. The monoisotopic (exact) mass is 524 g/mol. The molecule has 37 heavy (non-hydrogen) atoms. The third-order valence-corrected chi connectivity index (χ3v) is 7.10. The Balaban J connectivity index is 1.67. The van der Waals surface area contributed by atoms with Gasteiger partial charge < -0.3 is 9.84 Å². The number of likely N-dealkylation sites (tertiary alicyclic amines) is 1. The summed E-state index contributed by atoms with van der Waals surface area (Å²) in [7, 11) is 0. The molecule has 1 aliphatic rings. The summed E-state index contributed by atoms with van der Waals surface area (Å²) in [5.41, 5.74) is 1.89. The van der Waals surface area contributed by atoms with Gasteiger partial charge in [0, 0.05) is 30.1 Å². The molecule has 1 N–H and O–H groups in total. The fraction of sp³-hybridized carbons (Fsp3) is 0.310. The molecule has 192 valence electrons. The largest absolute Gasteiger partial charge is 0.480 e. The average molecular weight is 525 g/mol. The molecular formula is C29H27ClF2N2O3. The summed E-state index contributed by atoms with van der Waals surface area (Å²) in [5.74, 6) is -3.05. The first kappa shape index (κ1) is 26.7. The maximum absolute atomic E-state index is 14.2. The molecule has 0 saturated carbocycles. The van der Waals surface area contributed by atoms with E-state index in [0.29, 0.717) is 29.2 Å². The van der Waals surface area contributed by atoms with E-state index < -0.39 is 35.7 Å². The number of hydrogen-bond acceptors (Lipinski definition) is 4. The van der Waals surface area contributed by atoms with Crippen LogP contribution in [0, 0.1) is 28.9 Å². The third-order valence-electron chi connectivity index (χ3n) is 6.85. The van der Waals surface area contributed by atoms with Crippen molar-refractivity contribution < 1.29 is 23.4 Å². The number of carboxylic acids is 1. The Kier molecular flexibility index (Phi) is 7.93. The van der Waals surface area contributed by atoms with E-state index in [4.69, 9.17) is 16.3 Å². The first-order valence-corrected chi connectivity index (χ1v) is 12.3. The highest BCUT2D eigenvalue weighted by Gasteiger charge is 2.46. The standard InChI is InChI=1S/C29H27ClF2N2O3/c1-29(2,37-17-26(35)36)27(21-11-24(31)13-25(32)12-21)22-15-34(16-22)28(19-6-8-23(30)9-7-19)20-5-3-4-18(10-20)14-33/h3-13,22,27-28H,15-17H2,1-2H3,(H,35,36)/t27-,28+/m1/s1. The van der Waals surface area contributed by atoms with Crippen molar-refractivity contribution >= 4 is 17.6 Å². The lowest BCUT2D eigenvalue weighted by molar-refractivity contribution is -0.151. The van der Waals surface area contributed by atoms with Crippen LogP contribution in [0.15, 0.2) is 66.7 Å². The zero-order valence-corrected chi connectivity index (χ0v) is 21.3. The van der Waals surface area contributed by atoms with Crippen molar-refractivity contribution in [2.45, 2.75) is 31.4 Å². The number of rotatable bonds is 9. The van der Waals surface area contributed by atoms with Crippen LogP contribution in [0.3, 0.4) is 0 Å². The van der Waals surface area contributed by atoms with Crippen LogP contribution in [0.5, 0.6) is 0 Å². The molecule has 0 amide bonds. The molecule has 2 atom stereocenters. The molecule has 0 bridgehead atoms. The van der Waals surface area contributed by atoms with Crippen LogP contribution in [0.1, 0.15) is 48.1 Å². The SMILES string of the molecule is CC(C)(OCC(=O)O)[C@H](c1cc(F)cc(F)c1)C1CN([C@@H](c2ccc(Cl)cc2)c2cccc(C#N)c2)C1. The second-order valence-corrected chi connectivity index (χ2v) is 10.3. The van der Waals surface area contributed by atoms with Crippen LogP contribution in [0.4, 0.5) is 8.78 Å². The number of nitrogens with zero attached hydrogens (tertiary/aromatic N) is 2. The van der Waals surface area contributed by atoms with Gasteiger partial charge in [-0.1, -0.05) is 35.9 Å². The summed E-state index contributed by atoms with van der Waals surface area (Å²) in [6, 6.07) is 20.3. The molecule has 8 heteroatoms. The Morgan fingerprint density at radius 3 is 2.32 bits per heavy atom. The van der Waals surface area contributed by atoms with Crippen LogP contribution >= 0.6 is 11.6 Å². The lowest BCUT2D eigenvalue weighted by atomic mass is 9.71. The van der Waals surface area contributed by atoms with Crippen molar-refractivity contribution in [2.75, 3.05) is 19.7 Å². The summed E-state index contributed by atoms with van der Waals surface area (Å²) in [4.78, 5) is 13.4. The molecule has 5 nitrogen and oxygen atoms in total. The fourth-order valence-corrected chi connectivity index (χ4v) is 5.47. The molecule has 0 radical (unpaired) electrons. The van der Waals surface area contributed by atoms with Gasteiger partial charge in [0.1, 0.15) is 18.2 Å². The Labute approximate surface area is 219 Å². The molecule has 1 saturated heterocycles. The molecule has 1 aliphatic heterocycles. The normalized spacial score (nSPS) is 16.0. The second-order valence-electron chi connectivity index (χ2n) is 9.87. The Hall–Kier alpha value is -3.31. The maximum Gasteiger partial charge on any atom is 0.329 e. The van der Waals surface area contributed by atoms with E-state index in [1.165, 1.54) is 12.1 Å². The van der Waals surface area contributed by atoms with Crippen molar-refractivity contribution in [3.63, 3.8) is 0 Å². The fourth-order valence-electron chi connectivity index (χ4n) is 5.34. The van der Waals surface area contributed by atoms with Crippen LogP contribution < -0.4 is 0 Å². The predicted octanol–water partition coefficient (Wildman–Crippen LogP) is 6.17. The summed E-state index contributed by atoms with van der Waals surface area (Å²) in [5, 5.41) is 19.2. The van der Waals surface area contributed by atoms with Gasteiger partial charge in [-0.05, 0) is 72.9 Å². The zero-order chi connectivity index (χ0) is 26.7. The third kappa shape index (κ3) is 6.16. The van der Waals surface area contributed by atoms with Crippen molar-refractivity contribution in [2.24, 2.45) is 5.92 Å². The number of carboxylic acid groups (broad SMARTS) is 1. The first-order chi connectivity index (χ1) is 17.6. The number of nitriles is 1. The predicted molar refractivity (Wildman–Crippen MR) is 136 cm³/mol. The maximum atomic E-state index is 14.2. The van der Waals surface area contributed by atoms with Gasteiger partial charge in [0.2, 0.25) is 0 Å². The van der Waals surface area contributed by atoms with Crippen LogP contribution in [0.25, 0.3) is 0 Å². The van der Waals surface area contributed by atoms with Gasteiger partial charge in [-0.3, -0.25) is 4.90 Å². The van der Waals surface area contributed by atoms with Crippen LogP contribution in [-0.4, -0.2) is 41.3 Å². The minimum Gasteiger partial charge on any atom is -0.480 e. The van der Waals surface area contributed by atoms with E-state index in [9.17, 15) is 23.9 Å². The molecule has 0 spiro atoms. The van der Waals surface area contributed by atoms with E-state index >= 15 is 0 Å². The highest BCUT2D eigenvalue weighted by molar-refractivity contribution is 6.30. The quantitative estimate of drug-likeness (QED) is 0.362. The first-order valence-electron chi connectivity index (χ1n) is 11.9. The van der Waals surface area contributed by atoms with Crippen LogP contribution in [-0.2, 0) is 9.53 Å². The molecule has 0 unspecified atom stereocenters. The number of ether oxygens (including phenoxy) is 1. The Morgan fingerprint density at radius 1 is 1.08 bits per heavy atom. The lowest BCUT2D eigenvalue weighted by Crippen LogP contribution is -2.55. The molecule has 0 aromatic heterocycles. The summed E-state index contributed by atoms with van der Waals surface area (Å²) in [6.45, 7) is 4.10. The minimum absolute atomic E-state index is 0.0704. The van der Waals surface area contributed by atoms with Gasteiger partial charge in [-0.25, -0.2) is 13.6 Å². The molecule has 1 fully saturated rings. The Morgan fingerprint density at radius 2 is 1.73 bits per heavy atom. The van der Waals surface area contributed by atoms with E-state index in [1.54, 1.807) is 19.9 Å². The van der Waals surface area contributed by atoms with Crippen molar-refractivity contribution in [3.05, 3.63) is 106 Å². The van der Waals surface area contributed by atoms with E-state index in [-0.39, 0.29) is 12.0 Å². The van der Waals surface area contributed by atoms with Crippen molar-refractivity contribution in [3.8, 4) is 6.07 Å². The van der Waals surface area contributed by atoms with Crippen molar-refractivity contribution in [1.82, 2.24) is 4.90 Å². The molecule has 3 aromatic rings. The number of halogens is 3. The molecular weight excluding hydrogens is 498 g/mol. The Bertz CT molecular complexity index is 1300. The van der Waals surface area contributed by atoms with Gasteiger partial charge in [0.25, 0.3) is 0 Å². The van der Waals surface area contributed by atoms with Gasteiger partial charge in [0.15, 0.2) is 0 Å². The number of carbonyl (C=O) groups is 1. The van der Waals surface area contributed by atoms with Crippen LogP contribution in [0.2, 0.25) is 5.02 Å². The highest BCUT2D eigenvalue weighted by Crippen LogP contribution is 2.45. The van der Waals surface area contributed by atoms with E-state index in [0.717, 1.165) is 17.2 Å². The molecule has 4 rings (SSSR count). The molecule has 3 aromatic carbocycles. The topological polar surface area (TPSA) is 73.6 Å². The van der Waals surface area contributed by atoms with Gasteiger partial charge in [0.05, 0.1) is 23.3 Å². The summed E-state index contributed by atoms with van der Waals surface area (Å²) >= 11 is 6.12. The minimum atomic E-state index is -1.12. The summed E-state index contributed by atoms with van der Waals surface area (Å²) < 4.78 is 34.1. The van der Waals surface area contributed by atoms with E-state index in [2.05, 4.69) is 11.0 Å². The van der Waals surface area contributed by atoms with Gasteiger partial charge in [-0.15, -0.1) is 0 Å².